The standard InChI is InChI=1S/C9H9N5O/c1-6-7(9(10)15)5-14(13-6)8-3-2-4-11-12-8/h2-5H,1H3,(H2,10,15). The number of carbonyl (C=O) groups excluding carboxylic acids is 1. The SMILES string of the molecule is Cc1nn(-c2cccnn2)cc1C(N)=O. The van der Waals surface area contributed by atoms with Gasteiger partial charge >= 0.3 is 0 Å². The summed E-state index contributed by atoms with van der Waals surface area (Å²) < 4.78 is 1.47. The van der Waals surface area contributed by atoms with E-state index in [1.807, 2.05) is 0 Å². The van der Waals surface area contributed by atoms with Crippen molar-refractivity contribution >= 4 is 5.91 Å². The number of hydrogen-bond donors (Lipinski definition) is 1. The van der Waals surface area contributed by atoms with Crippen LogP contribution in [0.3, 0.4) is 0 Å². The second-order valence-electron chi connectivity index (χ2n) is 3.02. The van der Waals surface area contributed by atoms with E-state index in [9.17, 15) is 4.79 Å². The maximum atomic E-state index is 11.0. The summed E-state index contributed by atoms with van der Waals surface area (Å²) in [7, 11) is 0. The van der Waals surface area contributed by atoms with Crippen molar-refractivity contribution in [3.63, 3.8) is 0 Å². The molecule has 0 aliphatic rings. The highest BCUT2D eigenvalue weighted by molar-refractivity contribution is 5.93. The highest BCUT2D eigenvalue weighted by Crippen LogP contribution is 2.08. The van der Waals surface area contributed by atoms with Gasteiger partial charge in [-0.15, -0.1) is 5.10 Å². The van der Waals surface area contributed by atoms with Crippen molar-refractivity contribution in [3.05, 3.63) is 35.8 Å². The minimum absolute atomic E-state index is 0.389. The van der Waals surface area contributed by atoms with Gasteiger partial charge in [0, 0.05) is 12.4 Å². The lowest BCUT2D eigenvalue weighted by Gasteiger charge is -1.95. The van der Waals surface area contributed by atoms with Crippen molar-refractivity contribution in [2.45, 2.75) is 6.92 Å². The summed E-state index contributed by atoms with van der Waals surface area (Å²) in [5, 5.41) is 11.7. The van der Waals surface area contributed by atoms with Crippen molar-refractivity contribution in [1.82, 2.24) is 20.0 Å². The summed E-state index contributed by atoms with van der Waals surface area (Å²) in [6.07, 6.45) is 3.11. The fourth-order valence-electron chi connectivity index (χ4n) is 1.23. The molecule has 2 aromatic rings. The Balaban J connectivity index is 2.48. The summed E-state index contributed by atoms with van der Waals surface area (Å²) in [6, 6.07) is 3.48. The average molecular weight is 203 g/mol. The van der Waals surface area contributed by atoms with Crippen molar-refractivity contribution in [3.8, 4) is 5.82 Å². The van der Waals surface area contributed by atoms with Gasteiger partial charge in [0.2, 0.25) is 0 Å². The van der Waals surface area contributed by atoms with Crippen LogP contribution >= 0.6 is 0 Å². The van der Waals surface area contributed by atoms with Crippen molar-refractivity contribution in [1.29, 1.82) is 0 Å². The summed E-state index contributed by atoms with van der Waals surface area (Å²) in [5.41, 5.74) is 6.14. The van der Waals surface area contributed by atoms with Gasteiger partial charge in [-0.1, -0.05) is 0 Å². The van der Waals surface area contributed by atoms with Gasteiger partial charge in [0.05, 0.1) is 11.3 Å². The van der Waals surface area contributed by atoms with Gasteiger partial charge in [-0.2, -0.15) is 10.2 Å². The molecule has 1 amide bonds. The molecule has 0 atom stereocenters. The van der Waals surface area contributed by atoms with Gasteiger partial charge in [-0.3, -0.25) is 4.79 Å². The first-order valence-corrected chi connectivity index (χ1v) is 4.32. The Morgan fingerprint density at radius 1 is 1.53 bits per heavy atom. The minimum Gasteiger partial charge on any atom is -0.365 e. The number of primary amides is 1. The van der Waals surface area contributed by atoms with E-state index in [1.54, 1.807) is 31.5 Å². The van der Waals surface area contributed by atoms with E-state index in [0.717, 1.165) is 0 Å². The molecule has 0 aromatic carbocycles. The zero-order valence-electron chi connectivity index (χ0n) is 8.08. The second kappa shape index (κ2) is 3.49. The average Bonchev–Trinajstić information content (AvgIpc) is 2.62. The highest BCUT2D eigenvalue weighted by atomic mass is 16.1. The molecule has 0 radical (unpaired) electrons. The summed E-state index contributed by atoms with van der Waals surface area (Å²) >= 11 is 0. The van der Waals surface area contributed by atoms with Crippen molar-refractivity contribution < 1.29 is 4.79 Å². The number of aryl methyl sites for hydroxylation is 1. The van der Waals surface area contributed by atoms with Crippen molar-refractivity contribution in [2.75, 3.05) is 0 Å². The van der Waals surface area contributed by atoms with Gasteiger partial charge in [-0.25, -0.2) is 4.68 Å². The van der Waals surface area contributed by atoms with Gasteiger partial charge in [0.25, 0.3) is 5.91 Å². The Kier molecular flexibility index (Phi) is 2.17. The maximum Gasteiger partial charge on any atom is 0.252 e. The van der Waals surface area contributed by atoms with Crippen LogP contribution in [0.15, 0.2) is 24.5 Å². The van der Waals surface area contributed by atoms with E-state index in [1.165, 1.54) is 4.68 Å². The Labute approximate surface area is 85.7 Å². The van der Waals surface area contributed by atoms with E-state index in [0.29, 0.717) is 17.1 Å². The number of amides is 1. The van der Waals surface area contributed by atoms with Crippen LogP contribution in [0.5, 0.6) is 0 Å². The number of aromatic nitrogens is 4. The largest absolute Gasteiger partial charge is 0.365 e. The molecule has 0 unspecified atom stereocenters. The molecular weight excluding hydrogens is 194 g/mol. The number of nitrogens with two attached hydrogens (primary N) is 1. The quantitative estimate of drug-likeness (QED) is 0.748. The summed E-state index contributed by atoms with van der Waals surface area (Å²) in [6.45, 7) is 1.72. The first-order valence-electron chi connectivity index (χ1n) is 4.32. The predicted molar refractivity (Wildman–Crippen MR) is 52.4 cm³/mol. The smallest absolute Gasteiger partial charge is 0.252 e. The Morgan fingerprint density at radius 2 is 2.33 bits per heavy atom. The highest BCUT2D eigenvalue weighted by Gasteiger charge is 2.11. The van der Waals surface area contributed by atoms with Crippen LogP contribution in [0.1, 0.15) is 16.1 Å². The third-order valence-electron chi connectivity index (χ3n) is 1.96. The monoisotopic (exact) mass is 203 g/mol. The molecule has 2 N–H and O–H groups in total. The molecule has 15 heavy (non-hydrogen) atoms. The molecule has 0 aliphatic carbocycles. The van der Waals surface area contributed by atoms with E-state index >= 15 is 0 Å². The van der Waals surface area contributed by atoms with Crippen LogP contribution in [-0.2, 0) is 0 Å². The zero-order valence-corrected chi connectivity index (χ0v) is 8.08. The second-order valence-corrected chi connectivity index (χ2v) is 3.02. The molecule has 0 aliphatic heterocycles. The minimum atomic E-state index is -0.498. The normalized spacial score (nSPS) is 10.2. The van der Waals surface area contributed by atoms with Crippen LogP contribution in [-0.4, -0.2) is 25.9 Å². The van der Waals surface area contributed by atoms with E-state index in [-0.39, 0.29) is 0 Å². The zero-order chi connectivity index (χ0) is 10.8. The molecule has 6 heteroatoms. The molecule has 0 spiro atoms. The topological polar surface area (TPSA) is 86.7 Å². The molecule has 2 rings (SSSR count). The van der Waals surface area contributed by atoms with E-state index < -0.39 is 5.91 Å². The van der Waals surface area contributed by atoms with Crippen LogP contribution in [0.2, 0.25) is 0 Å². The molecule has 0 fully saturated rings. The van der Waals surface area contributed by atoms with Crippen LogP contribution in [0.25, 0.3) is 5.82 Å². The third-order valence-corrected chi connectivity index (χ3v) is 1.96. The fourth-order valence-corrected chi connectivity index (χ4v) is 1.23. The molecule has 0 saturated carbocycles. The van der Waals surface area contributed by atoms with Crippen LogP contribution in [0, 0.1) is 6.92 Å². The number of nitrogens with zero attached hydrogens (tertiary/aromatic N) is 4. The first-order chi connectivity index (χ1) is 7.18. The molecule has 2 heterocycles. The third kappa shape index (κ3) is 1.69. The van der Waals surface area contributed by atoms with E-state index in [2.05, 4.69) is 15.3 Å². The van der Waals surface area contributed by atoms with Gasteiger partial charge < -0.3 is 5.73 Å². The Hall–Kier alpha value is -2.24. The molecular formula is C9H9N5O. The predicted octanol–water partition coefficient (Wildman–Crippen LogP) is 0.0696. The van der Waals surface area contributed by atoms with Crippen LogP contribution < -0.4 is 5.73 Å². The van der Waals surface area contributed by atoms with Crippen LogP contribution in [0.4, 0.5) is 0 Å². The van der Waals surface area contributed by atoms with E-state index in [4.69, 9.17) is 5.73 Å². The molecule has 6 nitrogen and oxygen atoms in total. The molecule has 0 saturated heterocycles. The lowest BCUT2D eigenvalue weighted by Crippen LogP contribution is -2.11. The summed E-state index contributed by atoms with van der Waals surface area (Å²) in [5.74, 6) is 0.0516. The first kappa shape index (κ1) is 9.32. The van der Waals surface area contributed by atoms with Gasteiger partial charge in [0.15, 0.2) is 5.82 Å². The number of hydrogen-bond acceptors (Lipinski definition) is 4. The lowest BCUT2D eigenvalue weighted by molar-refractivity contribution is 0.0999. The molecule has 76 valence electrons. The van der Waals surface area contributed by atoms with Crippen molar-refractivity contribution in [2.24, 2.45) is 5.73 Å². The number of carbonyl (C=O) groups is 1. The Morgan fingerprint density at radius 3 is 2.87 bits per heavy atom. The van der Waals surface area contributed by atoms with Gasteiger partial charge in [0.1, 0.15) is 0 Å². The molecule has 2 aromatic heterocycles. The fraction of sp³-hybridized carbons (Fsp3) is 0.111. The molecule has 0 bridgehead atoms. The summed E-state index contributed by atoms with van der Waals surface area (Å²) in [4.78, 5) is 11.0. The van der Waals surface area contributed by atoms with Gasteiger partial charge in [-0.05, 0) is 19.1 Å². The lowest BCUT2D eigenvalue weighted by atomic mass is 10.2. The maximum absolute atomic E-state index is 11.0. The number of rotatable bonds is 2. The Bertz CT molecular complexity index is 490.